The maximum atomic E-state index is 5.97. The first kappa shape index (κ1) is 12.4. The normalized spacial score (nSPS) is 13.1. The van der Waals surface area contributed by atoms with Crippen LogP contribution in [0.3, 0.4) is 0 Å². The van der Waals surface area contributed by atoms with E-state index in [1.807, 2.05) is 18.2 Å². The lowest BCUT2D eigenvalue weighted by Crippen LogP contribution is -2.10. The highest BCUT2D eigenvalue weighted by Gasteiger charge is 2.13. The Bertz CT molecular complexity index is 524. The van der Waals surface area contributed by atoms with Crippen molar-refractivity contribution in [1.29, 1.82) is 0 Å². The highest BCUT2D eigenvalue weighted by molar-refractivity contribution is 9.10. The molecule has 17 heavy (non-hydrogen) atoms. The largest absolute Gasteiger partial charge is 0.385 e. The zero-order valence-corrected chi connectivity index (χ0v) is 11.6. The molecule has 0 saturated heterocycles. The minimum absolute atomic E-state index is 0.272. The monoisotopic (exact) mass is 297 g/mol. The summed E-state index contributed by atoms with van der Waals surface area (Å²) in [4.78, 5) is 4.36. The zero-order valence-electron chi connectivity index (χ0n) is 9.98. The molecule has 0 amide bonds. The molecule has 1 aromatic carbocycles. The van der Waals surface area contributed by atoms with Crippen LogP contribution < -0.4 is 5.73 Å². The first-order valence-electron chi connectivity index (χ1n) is 5.55. The second-order valence-corrected chi connectivity index (χ2v) is 5.02. The molecule has 0 saturated carbocycles. The van der Waals surface area contributed by atoms with Crippen LogP contribution in [0.25, 0.3) is 11.0 Å². The van der Waals surface area contributed by atoms with E-state index in [9.17, 15) is 0 Å². The minimum Gasteiger partial charge on any atom is -0.385 e. The third kappa shape index (κ3) is 2.45. The first-order chi connectivity index (χ1) is 8.13. The van der Waals surface area contributed by atoms with Crippen LogP contribution >= 0.6 is 15.9 Å². The number of fused-ring (bicyclic) bond motifs is 1. The lowest BCUT2D eigenvalue weighted by Gasteiger charge is -2.15. The van der Waals surface area contributed by atoms with Crippen molar-refractivity contribution in [2.75, 3.05) is 19.5 Å². The van der Waals surface area contributed by atoms with E-state index in [0.29, 0.717) is 12.6 Å². The molecule has 1 atom stereocenters. The number of nitrogens with two attached hydrogens (primary N) is 1. The van der Waals surface area contributed by atoms with E-state index in [4.69, 9.17) is 10.5 Å². The molecule has 4 nitrogen and oxygen atoms in total. The van der Waals surface area contributed by atoms with Gasteiger partial charge in [-0.05, 0) is 31.5 Å². The Labute approximate surface area is 109 Å². The molecule has 0 aliphatic rings. The molecule has 0 bridgehead atoms. The van der Waals surface area contributed by atoms with Gasteiger partial charge in [-0.25, -0.2) is 4.98 Å². The molecule has 1 aromatic heterocycles. The predicted molar refractivity (Wildman–Crippen MR) is 73.0 cm³/mol. The minimum atomic E-state index is 0.272. The highest BCUT2D eigenvalue weighted by Crippen LogP contribution is 2.26. The van der Waals surface area contributed by atoms with Gasteiger partial charge < -0.3 is 15.0 Å². The average Bonchev–Trinajstić information content (AvgIpc) is 2.61. The van der Waals surface area contributed by atoms with Gasteiger partial charge in [0.1, 0.15) is 0 Å². The number of hydrogen-bond donors (Lipinski definition) is 1. The van der Waals surface area contributed by atoms with Crippen LogP contribution in [0.1, 0.15) is 19.4 Å². The zero-order chi connectivity index (χ0) is 12.4. The summed E-state index contributed by atoms with van der Waals surface area (Å²) in [6.07, 6.45) is 0.915. The SMILES string of the molecule is COCCC(C)n1c(N)nc2ccc(Br)cc21. The molecule has 2 aromatic rings. The van der Waals surface area contributed by atoms with E-state index in [1.165, 1.54) is 0 Å². The molecule has 0 aliphatic heterocycles. The fourth-order valence-corrected chi connectivity index (χ4v) is 2.31. The Morgan fingerprint density at radius 2 is 2.29 bits per heavy atom. The molecule has 2 N–H and O–H groups in total. The molecule has 5 heteroatoms. The van der Waals surface area contributed by atoms with Gasteiger partial charge in [-0.1, -0.05) is 15.9 Å². The van der Waals surface area contributed by atoms with Crippen molar-refractivity contribution in [3.05, 3.63) is 22.7 Å². The van der Waals surface area contributed by atoms with Gasteiger partial charge in [-0.2, -0.15) is 0 Å². The molecule has 2 rings (SSSR count). The van der Waals surface area contributed by atoms with Gasteiger partial charge in [0, 0.05) is 24.2 Å². The number of imidazole rings is 1. The number of nitrogen functional groups attached to an aromatic ring is 1. The van der Waals surface area contributed by atoms with E-state index in [-0.39, 0.29) is 6.04 Å². The maximum absolute atomic E-state index is 5.97. The highest BCUT2D eigenvalue weighted by atomic mass is 79.9. The van der Waals surface area contributed by atoms with Crippen LogP contribution in [0.2, 0.25) is 0 Å². The summed E-state index contributed by atoms with van der Waals surface area (Å²) >= 11 is 3.47. The number of ether oxygens (including phenoxy) is 1. The van der Waals surface area contributed by atoms with E-state index in [0.717, 1.165) is 21.9 Å². The number of halogens is 1. The Kier molecular flexibility index (Phi) is 3.69. The number of rotatable bonds is 4. The molecular weight excluding hydrogens is 282 g/mol. The van der Waals surface area contributed by atoms with E-state index >= 15 is 0 Å². The summed E-state index contributed by atoms with van der Waals surface area (Å²) in [7, 11) is 1.71. The van der Waals surface area contributed by atoms with Crippen molar-refractivity contribution >= 4 is 32.9 Å². The van der Waals surface area contributed by atoms with E-state index in [1.54, 1.807) is 7.11 Å². The summed E-state index contributed by atoms with van der Waals surface area (Å²) in [6, 6.07) is 6.25. The fourth-order valence-electron chi connectivity index (χ4n) is 1.97. The van der Waals surface area contributed by atoms with Crippen LogP contribution in [0.15, 0.2) is 22.7 Å². The van der Waals surface area contributed by atoms with Crippen molar-refractivity contribution < 1.29 is 4.74 Å². The smallest absolute Gasteiger partial charge is 0.201 e. The van der Waals surface area contributed by atoms with Gasteiger partial charge in [0.25, 0.3) is 0 Å². The number of aromatic nitrogens is 2. The van der Waals surface area contributed by atoms with Crippen molar-refractivity contribution in [3.8, 4) is 0 Å². The molecule has 92 valence electrons. The second kappa shape index (κ2) is 5.06. The Balaban J connectivity index is 2.44. The lowest BCUT2D eigenvalue weighted by atomic mass is 10.2. The lowest BCUT2D eigenvalue weighted by molar-refractivity contribution is 0.182. The third-order valence-electron chi connectivity index (χ3n) is 2.86. The topological polar surface area (TPSA) is 53.1 Å². The van der Waals surface area contributed by atoms with Crippen LogP contribution in [-0.4, -0.2) is 23.3 Å². The molecule has 0 radical (unpaired) electrons. The summed E-state index contributed by atoms with van der Waals surface area (Å²) in [5.41, 5.74) is 7.95. The number of hydrogen-bond acceptors (Lipinski definition) is 3. The quantitative estimate of drug-likeness (QED) is 0.944. The molecule has 0 spiro atoms. The van der Waals surface area contributed by atoms with Crippen LogP contribution in [0.4, 0.5) is 5.95 Å². The van der Waals surface area contributed by atoms with Crippen molar-refractivity contribution in [2.24, 2.45) is 0 Å². The Morgan fingerprint density at radius 3 is 3.00 bits per heavy atom. The van der Waals surface area contributed by atoms with Crippen molar-refractivity contribution in [3.63, 3.8) is 0 Å². The Morgan fingerprint density at radius 1 is 1.53 bits per heavy atom. The number of anilines is 1. The standard InChI is InChI=1S/C12H16BrN3O/c1-8(5-6-17-2)16-11-7-9(13)3-4-10(11)15-12(16)14/h3-4,7-8H,5-6H2,1-2H3,(H2,14,15). The maximum Gasteiger partial charge on any atom is 0.201 e. The summed E-state index contributed by atoms with van der Waals surface area (Å²) in [5.74, 6) is 0.557. The molecule has 1 unspecified atom stereocenters. The number of nitrogens with zero attached hydrogens (tertiary/aromatic N) is 2. The average molecular weight is 298 g/mol. The molecule has 0 aliphatic carbocycles. The Hall–Kier alpha value is -1.07. The van der Waals surface area contributed by atoms with Gasteiger partial charge in [-0.3, -0.25) is 0 Å². The van der Waals surface area contributed by atoms with Crippen molar-refractivity contribution in [2.45, 2.75) is 19.4 Å². The first-order valence-corrected chi connectivity index (χ1v) is 6.34. The molecular formula is C12H16BrN3O. The molecule has 1 heterocycles. The van der Waals surface area contributed by atoms with Crippen LogP contribution in [-0.2, 0) is 4.74 Å². The van der Waals surface area contributed by atoms with Gasteiger partial charge in [0.15, 0.2) is 0 Å². The van der Waals surface area contributed by atoms with Crippen molar-refractivity contribution in [1.82, 2.24) is 9.55 Å². The predicted octanol–water partition coefficient (Wildman–Crippen LogP) is 2.98. The number of methoxy groups -OCH3 is 1. The van der Waals surface area contributed by atoms with Crippen LogP contribution in [0, 0.1) is 0 Å². The number of benzene rings is 1. The van der Waals surface area contributed by atoms with E-state index < -0.39 is 0 Å². The van der Waals surface area contributed by atoms with Gasteiger partial charge >= 0.3 is 0 Å². The van der Waals surface area contributed by atoms with Gasteiger partial charge in [-0.15, -0.1) is 0 Å². The van der Waals surface area contributed by atoms with Crippen LogP contribution in [0.5, 0.6) is 0 Å². The second-order valence-electron chi connectivity index (χ2n) is 4.10. The molecule has 0 fully saturated rings. The summed E-state index contributed by atoms with van der Waals surface area (Å²) < 4.78 is 8.19. The summed E-state index contributed by atoms with van der Waals surface area (Å²) in [5, 5.41) is 0. The third-order valence-corrected chi connectivity index (χ3v) is 3.35. The van der Waals surface area contributed by atoms with E-state index in [2.05, 4.69) is 32.4 Å². The summed E-state index contributed by atoms with van der Waals surface area (Å²) in [6.45, 7) is 2.84. The van der Waals surface area contributed by atoms with Gasteiger partial charge in [0.05, 0.1) is 11.0 Å². The fraction of sp³-hybridized carbons (Fsp3) is 0.417. The van der Waals surface area contributed by atoms with Gasteiger partial charge in [0.2, 0.25) is 5.95 Å².